The Labute approximate surface area is 111 Å². The van der Waals surface area contributed by atoms with Crippen LogP contribution in [0.1, 0.15) is 53.4 Å². The summed E-state index contributed by atoms with van der Waals surface area (Å²) in [5.41, 5.74) is 3.28. The summed E-state index contributed by atoms with van der Waals surface area (Å²) in [5, 5.41) is 5.20. The van der Waals surface area contributed by atoms with Crippen LogP contribution in [0, 0.1) is 5.92 Å². The molecule has 0 aliphatic carbocycles. The first-order chi connectivity index (χ1) is 8.50. The third kappa shape index (κ3) is 5.36. The summed E-state index contributed by atoms with van der Waals surface area (Å²) in [5.74, 6) is 0.737. The number of rotatable bonds is 6. The molecule has 0 spiro atoms. The van der Waals surface area contributed by atoms with Crippen molar-refractivity contribution in [1.82, 2.24) is 15.8 Å². The van der Waals surface area contributed by atoms with Crippen molar-refractivity contribution in [3.05, 3.63) is 0 Å². The van der Waals surface area contributed by atoms with Crippen molar-refractivity contribution < 1.29 is 4.79 Å². The highest BCUT2D eigenvalue weighted by molar-refractivity contribution is 5.77. The van der Waals surface area contributed by atoms with Gasteiger partial charge >= 0.3 is 0 Å². The number of nitrogens with zero attached hydrogens (tertiary/aromatic N) is 1. The van der Waals surface area contributed by atoms with Crippen molar-refractivity contribution in [3.8, 4) is 0 Å². The SMILES string of the molecule is CC(C)CCNC(=O)CNN1C(C)CCCC1C. The molecule has 0 aromatic rings. The van der Waals surface area contributed by atoms with Crippen molar-refractivity contribution in [2.24, 2.45) is 5.92 Å². The Kier molecular flexibility index (Phi) is 6.65. The molecule has 0 aromatic carbocycles. The lowest BCUT2D eigenvalue weighted by molar-refractivity contribution is -0.121. The second-order valence-corrected chi connectivity index (χ2v) is 5.90. The molecule has 2 N–H and O–H groups in total. The molecule has 1 aliphatic rings. The Hall–Kier alpha value is -0.610. The first-order valence-corrected chi connectivity index (χ1v) is 7.29. The Morgan fingerprint density at radius 3 is 2.44 bits per heavy atom. The van der Waals surface area contributed by atoms with Gasteiger partial charge in [0.2, 0.25) is 5.91 Å². The molecule has 0 radical (unpaired) electrons. The van der Waals surface area contributed by atoms with Crippen LogP contribution in [0.4, 0.5) is 0 Å². The van der Waals surface area contributed by atoms with E-state index in [2.05, 4.69) is 43.4 Å². The molecule has 1 aliphatic heterocycles. The first-order valence-electron chi connectivity index (χ1n) is 7.29. The van der Waals surface area contributed by atoms with E-state index in [1.165, 1.54) is 19.3 Å². The van der Waals surface area contributed by atoms with Crippen LogP contribution in [0.15, 0.2) is 0 Å². The van der Waals surface area contributed by atoms with Crippen molar-refractivity contribution in [3.63, 3.8) is 0 Å². The fourth-order valence-corrected chi connectivity index (χ4v) is 2.46. The van der Waals surface area contributed by atoms with E-state index < -0.39 is 0 Å². The van der Waals surface area contributed by atoms with Crippen LogP contribution in [0.5, 0.6) is 0 Å². The number of carbonyl (C=O) groups is 1. The summed E-state index contributed by atoms with van der Waals surface area (Å²) >= 11 is 0. The predicted molar refractivity (Wildman–Crippen MR) is 75.1 cm³/mol. The van der Waals surface area contributed by atoms with Crippen molar-refractivity contribution in [1.29, 1.82) is 0 Å². The standard InChI is InChI=1S/C14H29N3O/c1-11(2)8-9-15-14(18)10-16-17-12(3)6-5-7-13(17)4/h11-13,16H,5-10H2,1-4H3,(H,15,18). The zero-order valence-electron chi connectivity index (χ0n) is 12.3. The molecule has 1 saturated heterocycles. The maximum absolute atomic E-state index is 11.7. The van der Waals surface area contributed by atoms with Gasteiger partial charge in [0.15, 0.2) is 0 Å². The number of amides is 1. The van der Waals surface area contributed by atoms with Gasteiger partial charge < -0.3 is 5.32 Å². The monoisotopic (exact) mass is 255 g/mol. The molecule has 2 unspecified atom stereocenters. The zero-order chi connectivity index (χ0) is 13.5. The van der Waals surface area contributed by atoms with Crippen LogP contribution in [-0.2, 0) is 4.79 Å². The molecule has 0 saturated carbocycles. The molecular weight excluding hydrogens is 226 g/mol. The van der Waals surface area contributed by atoms with Gasteiger partial charge in [-0.2, -0.15) is 0 Å². The van der Waals surface area contributed by atoms with Crippen molar-refractivity contribution in [2.45, 2.75) is 65.5 Å². The second-order valence-electron chi connectivity index (χ2n) is 5.90. The average Bonchev–Trinajstić information content (AvgIpc) is 2.27. The fourth-order valence-electron chi connectivity index (χ4n) is 2.46. The molecule has 1 rings (SSSR count). The van der Waals surface area contributed by atoms with E-state index in [0.29, 0.717) is 24.5 Å². The molecule has 0 bridgehead atoms. The first kappa shape index (κ1) is 15.4. The minimum absolute atomic E-state index is 0.0978. The summed E-state index contributed by atoms with van der Waals surface area (Å²) < 4.78 is 0. The third-order valence-electron chi connectivity index (χ3n) is 3.66. The number of piperidine rings is 1. The maximum Gasteiger partial charge on any atom is 0.235 e. The van der Waals surface area contributed by atoms with E-state index in [0.717, 1.165) is 13.0 Å². The summed E-state index contributed by atoms with van der Waals surface area (Å²) in [6.45, 7) is 9.96. The van der Waals surface area contributed by atoms with E-state index in [9.17, 15) is 4.79 Å². The summed E-state index contributed by atoms with van der Waals surface area (Å²) in [6.07, 6.45) is 4.77. The average molecular weight is 255 g/mol. The van der Waals surface area contributed by atoms with E-state index in [1.807, 2.05) is 0 Å². The van der Waals surface area contributed by atoms with E-state index >= 15 is 0 Å². The third-order valence-corrected chi connectivity index (χ3v) is 3.66. The Balaban J connectivity index is 2.20. The second kappa shape index (κ2) is 7.74. The smallest absolute Gasteiger partial charge is 0.235 e. The van der Waals surface area contributed by atoms with Gasteiger partial charge in [-0.1, -0.05) is 20.3 Å². The van der Waals surface area contributed by atoms with Crippen LogP contribution in [0.2, 0.25) is 0 Å². The van der Waals surface area contributed by atoms with Crippen LogP contribution >= 0.6 is 0 Å². The Bertz CT molecular complexity index is 245. The molecule has 1 fully saturated rings. The Morgan fingerprint density at radius 1 is 1.28 bits per heavy atom. The van der Waals surface area contributed by atoms with Crippen LogP contribution in [0.3, 0.4) is 0 Å². The molecule has 2 atom stereocenters. The maximum atomic E-state index is 11.7. The summed E-state index contributed by atoms with van der Waals surface area (Å²) in [6, 6.07) is 1.05. The highest BCUT2D eigenvalue weighted by Gasteiger charge is 2.24. The van der Waals surface area contributed by atoms with Gasteiger partial charge in [-0.25, -0.2) is 10.4 Å². The van der Waals surface area contributed by atoms with Gasteiger partial charge in [-0.3, -0.25) is 4.79 Å². The molecular formula is C14H29N3O. The van der Waals surface area contributed by atoms with Crippen LogP contribution in [-0.4, -0.2) is 36.1 Å². The molecule has 4 nitrogen and oxygen atoms in total. The highest BCUT2D eigenvalue weighted by atomic mass is 16.2. The number of hydrogen-bond donors (Lipinski definition) is 2. The molecule has 1 amide bonds. The number of hydrazine groups is 1. The minimum Gasteiger partial charge on any atom is -0.355 e. The van der Waals surface area contributed by atoms with Gasteiger partial charge in [0.25, 0.3) is 0 Å². The van der Waals surface area contributed by atoms with E-state index in [4.69, 9.17) is 0 Å². The molecule has 106 valence electrons. The van der Waals surface area contributed by atoms with Gasteiger partial charge in [-0.05, 0) is 39.0 Å². The Morgan fingerprint density at radius 2 is 1.89 bits per heavy atom. The lowest BCUT2D eigenvalue weighted by atomic mass is 10.00. The molecule has 0 aromatic heterocycles. The minimum atomic E-state index is 0.0978. The van der Waals surface area contributed by atoms with Gasteiger partial charge in [0, 0.05) is 18.6 Å². The topological polar surface area (TPSA) is 44.4 Å². The molecule has 18 heavy (non-hydrogen) atoms. The number of hydrogen-bond acceptors (Lipinski definition) is 3. The molecule has 4 heteroatoms. The fraction of sp³-hybridized carbons (Fsp3) is 0.929. The quantitative estimate of drug-likeness (QED) is 0.762. The number of carbonyl (C=O) groups excluding carboxylic acids is 1. The van der Waals surface area contributed by atoms with Crippen molar-refractivity contribution >= 4 is 5.91 Å². The highest BCUT2D eigenvalue weighted by Crippen LogP contribution is 2.19. The lowest BCUT2D eigenvalue weighted by Crippen LogP contribution is -2.54. The van der Waals surface area contributed by atoms with Gasteiger partial charge in [0.1, 0.15) is 0 Å². The molecule has 1 heterocycles. The predicted octanol–water partition coefficient (Wildman–Crippen LogP) is 1.92. The summed E-state index contributed by atoms with van der Waals surface area (Å²) in [7, 11) is 0. The summed E-state index contributed by atoms with van der Waals surface area (Å²) in [4.78, 5) is 11.7. The largest absolute Gasteiger partial charge is 0.355 e. The van der Waals surface area contributed by atoms with Gasteiger partial charge in [0.05, 0.1) is 6.54 Å². The lowest BCUT2D eigenvalue weighted by Gasteiger charge is -2.38. The van der Waals surface area contributed by atoms with Gasteiger partial charge in [-0.15, -0.1) is 0 Å². The normalized spacial score (nSPS) is 25.4. The number of nitrogens with one attached hydrogen (secondary N) is 2. The van der Waals surface area contributed by atoms with Crippen LogP contribution in [0.25, 0.3) is 0 Å². The zero-order valence-corrected chi connectivity index (χ0v) is 12.3. The van der Waals surface area contributed by atoms with E-state index in [-0.39, 0.29) is 5.91 Å². The van der Waals surface area contributed by atoms with Crippen molar-refractivity contribution in [2.75, 3.05) is 13.1 Å². The van der Waals surface area contributed by atoms with Crippen LogP contribution < -0.4 is 10.7 Å². The van der Waals surface area contributed by atoms with E-state index in [1.54, 1.807) is 0 Å².